The van der Waals surface area contributed by atoms with E-state index < -0.39 is 0 Å². The predicted octanol–water partition coefficient (Wildman–Crippen LogP) is 1.63. The summed E-state index contributed by atoms with van der Waals surface area (Å²) in [6.07, 6.45) is 1.85. The van der Waals surface area contributed by atoms with Gasteiger partial charge in [0.15, 0.2) is 0 Å². The van der Waals surface area contributed by atoms with Gasteiger partial charge < -0.3 is 5.11 Å². The van der Waals surface area contributed by atoms with Gasteiger partial charge in [-0.2, -0.15) is 0 Å². The Morgan fingerprint density at radius 1 is 1.09 bits per heavy atom. The van der Waals surface area contributed by atoms with Gasteiger partial charge in [-0.3, -0.25) is 9.36 Å². The van der Waals surface area contributed by atoms with Crippen LogP contribution >= 0.6 is 11.3 Å². The maximum atomic E-state index is 12.6. The van der Waals surface area contributed by atoms with Crippen LogP contribution in [0.2, 0.25) is 0 Å². The third-order valence-corrected chi connectivity index (χ3v) is 4.30. The van der Waals surface area contributed by atoms with Crippen LogP contribution in [0, 0.1) is 0 Å². The van der Waals surface area contributed by atoms with Crippen LogP contribution in [0.25, 0.3) is 18.3 Å². The first-order valence-electron chi connectivity index (χ1n) is 6.87. The zero-order valence-corrected chi connectivity index (χ0v) is 12.7. The molecule has 1 N–H and O–H groups in total. The first-order chi connectivity index (χ1) is 10.7. The second-order valence-corrected chi connectivity index (χ2v) is 6.00. The molecular weight excluding hydrogens is 294 g/mol. The number of thiazole rings is 1. The van der Waals surface area contributed by atoms with E-state index in [1.54, 1.807) is 4.57 Å². The molecule has 22 heavy (non-hydrogen) atoms. The normalized spacial score (nSPS) is 11.8. The third-order valence-electron chi connectivity index (χ3n) is 3.37. The molecule has 110 valence electrons. The molecule has 1 aromatic heterocycles. The minimum atomic E-state index is -0.0626. The molecule has 0 bridgehead atoms. The fourth-order valence-electron chi connectivity index (χ4n) is 2.24. The maximum Gasteiger partial charge on any atom is 0.273 e. The molecule has 0 spiro atoms. The molecule has 0 fully saturated rings. The van der Waals surface area contributed by atoms with E-state index in [4.69, 9.17) is 5.11 Å². The summed E-state index contributed by atoms with van der Waals surface area (Å²) in [4.78, 5) is 12.6. The molecular formula is C18H15NO2S. The fraction of sp³-hybridized carbons (Fsp3) is 0.0556. The Hall–Kier alpha value is -2.43. The zero-order valence-electron chi connectivity index (χ0n) is 11.9. The summed E-state index contributed by atoms with van der Waals surface area (Å²) in [6.45, 7) is 3.99. The largest absolute Gasteiger partial charge is 0.392 e. The van der Waals surface area contributed by atoms with Gasteiger partial charge in [0.25, 0.3) is 5.56 Å². The molecule has 0 amide bonds. The maximum absolute atomic E-state index is 12.6. The number of aliphatic hydroxyl groups is 1. The van der Waals surface area contributed by atoms with Crippen molar-refractivity contribution >= 4 is 24.0 Å². The van der Waals surface area contributed by atoms with Gasteiger partial charge in [-0.05, 0) is 29.3 Å². The molecule has 0 atom stereocenters. The number of rotatable bonds is 3. The Bertz CT molecular complexity index is 937. The van der Waals surface area contributed by atoms with Gasteiger partial charge >= 0.3 is 0 Å². The quantitative estimate of drug-likeness (QED) is 0.799. The van der Waals surface area contributed by atoms with Crippen LogP contribution in [0.3, 0.4) is 0 Å². The van der Waals surface area contributed by atoms with Crippen LogP contribution < -0.4 is 14.8 Å². The molecule has 0 saturated carbocycles. The first-order valence-corrected chi connectivity index (χ1v) is 7.68. The average Bonchev–Trinajstić information content (AvgIpc) is 2.83. The molecule has 2 aromatic carbocycles. The summed E-state index contributed by atoms with van der Waals surface area (Å²) in [5.41, 5.74) is 2.54. The number of hydrogen-bond donors (Lipinski definition) is 1. The number of aliphatic hydroxyl groups excluding tert-OH is 1. The van der Waals surface area contributed by atoms with Crippen molar-refractivity contribution in [3.63, 3.8) is 0 Å². The summed E-state index contributed by atoms with van der Waals surface area (Å²) in [7, 11) is 0. The van der Waals surface area contributed by atoms with Crippen LogP contribution in [0.5, 0.6) is 0 Å². The number of aromatic nitrogens is 1. The number of hydrogen-bond acceptors (Lipinski definition) is 3. The predicted molar refractivity (Wildman–Crippen MR) is 90.6 cm³/mol. The van der Waals surface area contributed by atoms with Gasteiger partial charge in [0.2, 0.25) is 0 Å². The van der Waals surface area contributed by atoms with Gasteiger partial charge in [0.1, 0.15) is 0 Å². The van der Waals surface area contributed by atoms with Gasteiger partial charge in [0.05, 0.1) is 21.5 Å². The summed E-state index contributed by atoms with van der Waals surface area (Å²) in [6, 6.07) is 17.0. The molecule has 0 unspecified atom stereocenters. The van der Waals surface area contributed by atoms with Gasteiger partial charge in [0, 0.05) is 0 Å². The van der Waals surface area contributed by atoms with E-state index in [0.29, 0.717) is 9.20 Å². The lowest BCUT2D eigenvalue weighted by Gasteiger charge is -1.99. The van der Waals surface area contributed by atoms with E-state index in [2.05, 4.69) is 6.58 Å². The lowest BCUT2D eigenvalue weighted by Crippen LogP contribution is -2.29. The van der Waals surface area contributed by atoms with Crippen molar-refractivity contribution in [1.29, 1.82) is 0 Å². The summed E-state index contributed by atoms with van der Waals surface area (Å²) in [5, 5.41) is 9.06. The second-order valence-electron chi connectivity index (χ2n) is 4.88. The Labute approximate surface area is 131 Å². The van der Waals surface area contributed by atoms with E-state index in [0.717, 1.165) is 16.8 Å². The highest BCUT2D eigenvalue weighted by Gasteiger charge is 2.05. The third kappa shape index (κ3) is 2.79. The van der Waals surface area contributed by atoms with Gasteiger partial charge in [-0.1, -0.05) is 49.0 Å². The van der Waals surface area contributed by atoms with Crippen molar-refractivity contribution in [3.05, 3.63) is 85.3 Å². The van der Waals surface area contributed by atoms with E-state index >= 15 is 0 Å². The van der Waals surface area contributed by atoms with Crippen molar-refractivity contribution < 1.29 is 5.11 Å². The highest BCUT2D eigenvalue weighted by molar-refractivity contribution is 7.07. The molecule has 3 nitrogen and oxygen atoms in total. The Morgan fingerprint density at radius 3 is 2.41 bits per heavy atom. The number of benzene rings is 2. The minimum absolute atomic E-state index is 0.0170. The lowest BCUT2D eigenvalue weighted by atomic mass is 10.1. The van der Waals surface area contributed by atoms with Gasteiger partial charge in [-0.15, -0.1) is 11.3 Å². The topological polar surface area (TPSA) is 42.2 Å². The first kappa shape index (κ1) is 14.5. The minimum Gasteiger partial charge on any atom is -0.392 e. The Balaban J connectivity index is 2.11. The highest BCUT2D eigenvalue weighted by Crippen LogP contribution is 2.05. The van der Waals surface area contributed by atoms with Crippen molar-refractivity contribution in [1.82, 2.24) is 4.57 Å². The molecule has 3 rings (SSSR count). The van der Waals surface area contributed by atoms with Crippen molar-refractivity contribution in [2.45, 2.75) is 6.61 Å². The van der Waals surface area contributed by atoms with Crippen LogP contribution in [0.15, 0.2) is 59.4 Å². The standard InChI is InChI=1S/C18H15NO2S/c1-13-19(16-5-3-2-4-6-16)18(21)17(22-13)11-14-7-9-15(12-20)10-8-14/h2-11,20H,1,12H2/b17-11-. The van der Waals surface area contributed by atoms with Crippen molar-refractivity contribution in [2.75, 3.05) is 0 Å². The molecule has 0 aliphatic heterocycles. The van der Waals surface area contributed by atoms with Crippen LogP contribution in [0.1, 0.15) is 11.1 Å². The van der Waals surface area contributed by atoms with E-state index in [-0.39, 0.29) is 12.2 Å². The fourth-order valence-corrected chi connectivity index (χ4v) is 3.15. The number of nitrogens with zero attached hydrogens (tertiary/aromatic N) is 1. The van der Waals surface area contributed by atoms with Crippen LogP contribution in [-0.4, -0.2) is 9.67 Å². The lowest BCUT2D eigenvalue weighted by molar-refractivity contribution is 0.282. The molecule has 4 heteroatoms. The Kier molecular flexibility index (Phi) is 4.04. The molecule has 0 saturated heterocycles. The summed E-state index contributed by atoms with van der Waals surface area (Å²) in [5.74, 6) is 0. The molecule has 0 radical (unpaired) electrons. The zero-order chi connectivity index (χ0) is 15.5. The molecule has 0 aliphatic carbocycles. The van der Waals surface area contributed by atoms with Crippen molar-refractivity contribution in [2.24, 2.45) is 0 Å². The second kappa shape index (κ2) is 6.13. The van der Waals surface area contributed by atoms with E-state index in [1.165, 1.54) is 11.3 Å². The van der Waals surface area contributed by atoms with Crippen LogP contribution in [0.4, 0.5) is 0 Å². The summed E-state index contributed by atoms with van der Waals surface area (Å²) < 4.78 is 2.97. The molecule has 0 aliphatic rings. The SMILES string of the molecule is C=c1s/c(=C\c2ccc(CO)cc2)c(=O)n1-c1ccccc1. The monoisotopic (exact) mass is 309 g/mol. The van der Waals surface area contributed by atoms with Gasteiger partial charge in [-0.25, -0.2) is 0 Å². The van der Waals surface area contributed by atoms with Crippen LogP contribution in [-0.2, 0) is 6.61 Å². The van der Waals surface area contributed by atoms with Crippen molar-refractivity contribution in [3.8, 4) is 5.69 Å². The Morgan fingerprint density at radius 2 is 1.77 bits per heavy atom. The molecule has 1 heterocycles. The number of para-hydroxylation sites is 1. The molecule has 3 aromatic rings. The van der Waals surface area contributed by atoms with E-state index in [9.17, 15) is 4.79 Å². The van der Waals surface area contributed by atoms with E-state index in [1.807, 2.05) is 60.7 Å². The average molecular weight is 309 g/mol. The highest BCUT2D eigenvalue weighted by atomic mass is 32.1. The summed E-state index contributed by atoms with van der Waals surface area (Å²) >= 11 is 1.38. The smallest absolute Gasteiger partial charge is 0.273 e.